The lowest BCUT2D eigenvalue weighted by molar-refractivity contribution is -0.118. The zero-order chi connectivity index (χ0) is 13.7. The normalized spacial score (nSPS) is 30.3. The number of halogens is 3. The minimum atomic E-state index is -0.578. The predicted molar refractivity (Wildman–Crippen MR) is 74.6 cm³/mol. The summed E-state index contributed by atoms with van der Waals surface area (Å²) in [6, 6.07) is 3.40. The molecule has 1 aliphatic carbocycles. The highest BCUT2D eigenvalue weighted by Gasteiger charge is 2.63. The Hall–Kier alpha value is -0.410. The first kappa shape index (κ1) is 14.0. The summed E-state index contributed by atoms with van der Waals surface area (Å²) in [4.78, 5) is 10.9. The van der Waals surface area contributed by atoms with Crippen molar-refractivity contribution in [2.45, 2.75) is 38.0 Å². The molecule has 0 spiro atoms. The average Bonchev–Trinajstić information content (AvgIpc) is 2.81. The molecule has 1 aliphatic rings. The third-order valence-electron chi connectivity index (χ3n) is 3.75. The molecule has 4 heteroatoms. The second-order valence-corrected chi connectivity index (χ2v) is 6.70. The lowest BCUT2D eigenvalue weighted by atomic mass is 10.0. The van der Waals surface area contributed by atoms with Crippen LogP contribution in [0.1, 0.15) is 37.8 Å². The molecule has 0 aromatic heterocycles. The molecule has 1 saturated carbocycles. The van der Waals surface area contributed by atoms with Crippen molar-refractivity contribution in [3.8, 4) is 0 Å². The van der Waals surface area contributed by atoms with E-state index in [1.807, 2.05) is 19.9 Å². The van der Waals surface area contributed by atoms with E-state index >= 15 is 0 Å². The van der Waals surface area contributed by atoms with Crippen LogP contribution in [-0.4, -0.2) is 10.7 Å². The SMILES string of the molecule is CCc1c(F)cc(C2C(C(C)=O)C2(C)Cl)cc1Br. The van der Waals surface area contributed by atoms with E-state index in [-0.39, 0.29) is 23.4 Å². The Kier molecular flexibility index (Phi) is 3.58. The molecular weight excluding hydrogens is 319 g/mol. The molecule has 0 N–H and O–H groups in total. The van der Waals surface area contributed by atoms with E-state index in [4.69, 9.17) is 11.6 Å². The fourth-order valence-corrected chi connectivity index (χ4v) is 3.98. The highest BCUT2D eigenvalue weighted by Crippen LogP contribution is 2.62. The molecule has 0 bridgehead atoms. The summed E-state index contributed by atoms with van der Waals surface area (Å²) in [6.07, 6.45) is 0.631. The number of ketones is 1. The Morgan fingerprint density at radius 1 is 1.56 bits per heavy atom. The van der Waals surface area contributed by atoms with Crippen LogP contribution < -0.4 is 0 Å². The van der Waals surface area contributed by atoms with Gasteiger partial charge in [-0.05, 0) is 38.0 Å². The van der Waals surface area contributed by atoms with Crippen molar-refractivity contribution in [2.24, 2.45) is 5.92 Å². The zero-order valence-corrected chi connectivity index (χ0v) is 12.9. The van der Waals surface area contributed by atoms with Gasteiger partial charge in [-0.1, -0.05) is 22.9 Å². The van der Waals surface area contributed by atoms with Gasteiger partial charge in [-0.3, -0.25) is 4.79 Å². The number of Topliss-reactive ketones (excluding diaryl/α,β-unsaturated/α-hetero) is 1. The van der Waals surface area contributed by atoms with Gasteiger partial charge in [-0.25, -0.2) is 4.39 Å². The lowest BCUT2D eigenvalue weighted by Crippen LogP contribution is -2.02. The molecule has 0 amide bonds. The fraction of sp³-hybridized carbons (Fsp3) is 0.500. The molecule has 0 heterocycles. The van der Waals surface area contributed by atoms with Crippen LogP contribution >= 0.6 is 27.5 Å². The second-order valence-electron chi connectivity index (χ2n) is 5.03. The van der Waals surface area contributed by atoms with Crippen molar-refractivity contribution < 1.29 is 9.18 Å². The third kappa shape index (κ3) is 2.12. The quantitative estimate of drug-likeness (QED) is 0.747. The molecule has 2 rings (SSSR count). The maximum atomic E-state index is 13.9. The Morgan fingerprint density at radius 2 is 2.17 bits per heavy atom. The lowest BCUT2D eigenvalue weighted by Gasteiger charge is -2.08. The minimum Gasteiger partial charge on any atom is -0.300 e. The van der Waals surface area contributed by atoms with Crippen molar-refractivity contribution in [3.05, 3.63) is 33.5 Å². The van der Waals surface area contributed by atoms with Gasteiger partial charge in [0.25, 0.3) is 0 Å². The Balaban J connectivity index is 2.40. The van der Waals surface area contributed by atoms with E-state index in [0.717, 1.165) is 10.0 Å². The van der Waals surface area contributed by atoms with Gasteiger partial charge in [0, 0.05) is 21.9 Å². The average molecular weight is 334 g/mol. The van der Waals surface area contributed by atoms with Crippen LogP contribution in [0.3, 0.4) is 0 Å². The highest BCUT2D eigenvalue weighted by molar-refractivity contribution is 9.10. The molecule has 0 aliphatic heterocycles. The second kappa shape index (κ2) is 4.61. The summed E-state index contributed by atoms with van der Waals surface area (Å²) in [6.45, 7) is 5.28. The van der Waals surface area contributed by atoms with Gasteiger partial charge in [-0.15, -0.1) is 11.6 Å². The topological polar surface area (TPSA) is 17.1 Å². The monoisotopic (exact) mass is 332 g/mol. The van der Waals surface area contributed by atoms with Gasteiger partial charge in [0.15, 0.2) is 0 Å². The highest BCUT2D eigenvalue weighted by atomic mass is 79.9. The number of carbonyl (C=O) groups is 1. The van der Waals surface area contributed by atoms with E-state index < -0.39 is 4.87 Å². The van der Waals surface area contributed by atoms with Gasteiger partial charge in [0.1, 0.15) is 11.6 Å². The van der Waals surface area contributed by atoms with Gasteiger partial charge in [0.2, 0.25) is 0 Å². The van der Waals surface area contributed by atoms with Crippen LogP contribution in [0, 0.1) is 11.7 Å². The Labute approximate surface area is 120 Å². The van der Waals surface area contributed by atoms with Crippen LogP contribution in [0.25, 0.3) is 0 Å². The van der Waals surface area contributed by atoms with Crippen LogP contribution in [0.15, 0.2) is 16.6 Å². The molecule has 1 fully saturated rings. The summed E-state index contributed by atoms with van der Waals surface area (Å²) in [5.41, 5.74) is 1.46. The Morgan fingerprint density at radius 3 is 2.56 bits per heavy atom. The number of hydrogen-bond acceptors (Lipinski definition) is 1. The smallest absolute Gasteiger partial charge is 0.135 e. The molecule has 3 atom stereocenters. The molecule has 0 radical (unpaired) electrons. The molecule has 98 valence electrons. The van der Waals surface area contributed by atoms with Crippen molar-refractivity contribution >= 4 is 33.3 Å². The zero-order valence-electron chi connectivity index (χ0n) is 10.6. The van der Waals surface area contributed by atoms with E-state index in [9.17, 15) is 9.18 Å². The predicted octanol–water partition coefficient (Wildman–Crippen LogP) is 4.45. The van der Waals surface area contributed by atoms with Crippen molar-refractivity contribution in [3.63, 3.8) is 0 Å². The van der Waals surface area contributed by atoms with Crippen molar-refractivity contribution in [2.75, 3.05) is 0 Å². The third-order valence-corrected chi connectivity index (χ3v) is 4.93. The van der Waals surface area contributed by atoms with Crippen LogP contribution in [0.5, 0.6) is 0 Å². The standard InChI is InChI=1S/C14H15BrClFO/c1-4-9-10(15)5-8(6-11(9)17)13-12(7(2)18)14(13,3)16/h5-6,12-13H,4H2,1-3H3. The molecule has 18 heavy (non-hydrogen) atoms. The summed E-state index contributed by atoms with van der Waals surface area (Å²) in [5, 5.41) is 0. The van der Waals surface area contributed by atoms with Crippen molar-refractivity contribution in [1.29, 1.82) is 0 Å². The number of benzene rings is 1. The first-order chi connectivity index (χ1) is 8.30. The number of carbonyl (C=O) groups excluding carboxylic acids is 1. The van der Waals surface area contributed by atoms with Gasteiger partial charge >= 0.3 is 0 Å². The molecule has 1 nitrogen and oxygen atoms in total. The van der Waals surface area contributed by atoms with Crippen LogP contribution in [-0.2, 0) is 11.2 Å². The van der Waals surface area contributed by atoms with Gasteiger partial charge < -0.3 is 0 Å². The molecule has 0 saturated heterocycles. The first-order valence-electron chi connectivity index (χ1n) is 5.97. The first-order valence-corrected chi connectivity index (χ1v) is 7.15. The summed E-state index contributed by atoms with van der Waals surface area (Å²) in [7, 11) is 0. The van der Waals surface area contributed by atoms with Crippen LogP contribution in [0.2, 0.25) is 0 Å². The summed E-state index contributed by atoms with van der Waals surface area (Å²) >= 11 is 9.70. The largest absolute Gasteiger partial charge is 0.300 e. The molecule has 1 aromatic carbocycles. The molecular formula is C14H15BrClFO. The summed E-state index contributed by atoms with van der Waals surface area (Å²) < 4.78 is 14.7. The van der Waals surface area contributed by atoms with E-state index in [2.05, 4.69) is 15.9 Å². The van der Waals surface area contributed by atoms with E-state index in [1.54, 1.807) is 0 Å². The maximum Gasteiger partial charge on any atom is 0.135 e. The number of rotatable bonds is 3. The van der Waals surface area contributed by atoms with E-state index in [1.165, 1.54) is 13.0 Å². The van der Waals surface area contributed by atoms with Crippen LogP contribution in [0.4, 0.5) is 4.39 Å². The van der Waals surface area contributed by atoms with E-state index in [0.29, 0.717) is 12.0 Å². The maximum absolute atomic E-state index is 13.9. The number of hydrogen-bond donors (Lipinski definition) is 0. The fourth-order valence-electron chi connectivity index (χ4n) is 2.77. The van der Waals surface area contributed by atoms with Crippen molar-refractivity contribution in [1.82, 2.24) is 0 Å². The minimum absolute atomic E-state index is 0.0635. The van der Waals surface area contributed by atoms with Gasteiger partial charge in [0.05, 0.1) is 4.87 Å². The molecule has 3 unspecified atom stereocenters. The Bertz CT molecular complexity index is 490. The summed E-state index contributed by atoms with van der Waals surface area (Å²) in [5.74, 6) is -0.469. The van der Waals surface area contributed by atoms with Gasteiger partial charge in [-0.2, -0.15) is 0 Å². The number of alkyl halides is 1. The molecule has 1 aromatic rings.